The predicted molar refractivity (Wildman–Crippen MR) is 126 cm³/mol. The summed E-state index contributed by atoms with van der Waals surface area (Å²) in [5.74, 6) is 0.906. The number of fused-ring (bicyclic) bond motifs is 1. The van der Waals surface area contributed by atoms with E-state index in [1.807, 2.05) is 31.2 Å². The number of rotatable bonds is 7. The quantitative estimate of drug-likeness (QED) is 0.422. The van der Waals surface area contributed by atoms with Crippen molar-refractivity contribution in [2.24, 2.45) is 0 Å². The van der Waals surface area contributed by atoms with Crippen LogP contribution in [0.2, 0.25) is 5.02 Å². The topological polar surface area (TPSA) is 87.0 Å². The lowest BCUT2D eigenvalue weighted by Crippen LogP contribution is -2.16. The second kappa shape index (κ2) is 9.48. The van der Waals surface area contributed by atoms with Gasteiger partial charge in [0.25, 0.3) is 5.91 Å². The van der Waals surface area contributed by atoms with Gasteiger partial charge < -0.3 is 19.5 Å². The molecule has 0 aliphatic heterocycles. The monoisotopic (exact) mass is 466 g/mol. The van der Waals surface area contributed by atoms with Gasteiger partial charge in [-0.2, -0.15) is 5.10 Å². The van der Waals surface area contributed by atoms with Crippen LogP contribution >= 0.6 is 11.6 Å². The largest absolute Gasteiger partial charge is 0.497 e. The summed E-state index contributed by atoms with van der Waals surface area (Å²) in [6.45, 7) is 2.12. The second-order valence-corrected chi connectivity index (χ2v) is 7.71. The van der Waals surface area contributed by atoms with E-state index in [2.05, 4.69) is 10.3 Å². The van der Waals surface area contributed by atoms with Crippen molar-refractivity contribution in [1.29, 1.82) is 0 Å². The molecule has 0 saturated heterocycles. The lowest BCUT2D eigenvalue weighted by Gasteiger charge is -2.12. The molecule has 1 N–H and O–H groups in total. The van der Waals surface area contributed by atoms with Crippen LogP contribution < -0.4 is 14.8 Å². The number of nitrogens with zero attached hydrogens (tertiary/aromatic N) is 3. The smallest absolute Gasteiger partial charge is 0.259 e. The minimum Gasteiger partial charge on any atom is -0.497 e. The number of hydrogen-bond donors (Lipinski definition) is 1. The molecule has 0 spiro atoms. The Kier molecular flexibility index (Phi) is 6.48. The number of ether oxygens (including phenoxy) is 3. The van der Waals surface area contributed by atoms with Crippen LogP contribution in [0.4, 0.5) is 5.69 Å². The van der Waals surface area contributed by atoms with Crippen LogP contribution in [0.5, 0.6) is 11.5 Å². The van der Waals surface area contributed by atoms with Crippen LogP contribution in [-0.2, 0) is 11.3 Å². The lowest BCUT2D eigenvalue weighted by molar-refractivity contribution is 0.102. The lowest BCUT2D eigenvalue weighted by atomic mass is 10.1. The molecule has 0 bridgehead atoms. The van der Waals surface area contributed by atoms with Gasteiger partial charge in [0.15, 0.2) is 5.65 Å². The number of anilines is 1. The first-order chi connectivity index (χ1) is 16.0. The fourth-order valence-electron chi connectivity index (χ4n) is 3.62. The molecule has 8 nitrogen and oxygen atoms in total. The van der Waals surface area contributed by atoms with Gasteiger partial charge in [0, 0.05) is 18.3 Å². The molecule has 170 valence electrons. The van der Waals surface area contributed by atoms with Crippen molar-refractivity contribution in [1.82, 2.24) is 14.6 Å². The molecule has 4 rings (SSSR count). The summed E-state index contributed by atoms with van der Waals surface area (Å²) >= 11 is 6.09. The zero-order valence-corrected chi connectivity index (χ0v) is 19.4. The van der Waals surface area contributed by atoms with E-state index in [-0.39, 0.29) is 5.91 Å². The Labute approximate surface area is 196 Å². The molecule has 4 aromatic rings. The molecule has 2 aromatic heterocycles. The Morgan fingerprint density at radius 2 is 1.85 bits per heavy atom. The van der Waals surface area contributed by atoms with Gasteiger partial charge in [0.2, 0.25) is 0 Å². The molecule has 2 heterocycles. The summed E-state index contributed by atoms with van der Waals surface area (Å²) in [6, 6.07) is 12.7. The first-order valence-corrected chi connectivity index (χ1v) is 10.5. The van der Waals surface area contributed by atoms with E-state index >= 15 is 0 Å². The maximum atomic E-state index is 13.1. The van der Waals surface area contributed by atoms with E-state index in [0.717, 1.165) is 16.9 Å². The summed E-state index contributed by atoms with van der Waals surface area (Å²) in [5, 5.41) is 8.02. The predicted octanol–water partition coefficient (Wildman–Crippen LogP) is 4.77. The first kappa shape index (κ1) is 22.6. The summed E-state index contributed by atoms with van der Waals surface area (Å²) in [4.78, 5) is 17.7. The third-order valence-corrected chi connectivity index (χ3v) is 5.51. The molecule has 33 heavy (non-hydrogen) atoms. The van der Waals surface area contributed by atoms with E-state index < -0.39 is 0 Å². The molecule has 0 atom stereocenters. The molecule has 0 saturated carbocycles. The van der Waals surface area contributed by atoms with Gasteiger partial charge in [-0.15, -0.1) is 0 Å². The first-order valence-electron chi connectivity index (χ1n) is 10.1. The van der Waals surface area contributed by atoms with Gasteiger partial charge >= 0.3 is 0 Å². The molecule has 9 heteroatoms. The van der Waals surface area contributed by atoms with E-state index in [9.17, 15) is 4.79 Å². The fourth-order valence-corrected chi connectivity index (χ4v) is 3.79. The number of aryl methyl sites for hydroxylation is 1. The maximum Gasteiger partial charge on any atom is 0.259 e. The Hall–Kier alpha value is -3.62. The van der Waals surface area contributed by atoms with Gasteiger partial charge in [-0.25, -0.2) is 9.50 Å². The van der Waals surface area contributed by atoms with E-state index in [1.54, 1.807) is 43.1 Å². The van der Waals surface area contributed by atoms with Crippen molar-refractivity contribution in [3.63, 3.8) is 0 Å². The summed E-state index contributed by atoms with van der Waals surface area (Å²) in [6.07, 6.45) is 1.54. The summed E-state index contributed by atoms with van der Waals surface area (Å²) < 4.78 is 17.6. The molecule has 1 amide bonds. The third kappa shape index (κ3) is 4.35. The summed E-state index contributed by atoms with van der Waals surface area (Å²) in [5.41, 5.74) is 4.58. The average Bonchev–Trinajstić information content (AvgIpc) is 3.18. The normalized spacial score (nSPS) is 10.9. The zero-order valence-electron chi connectivity index (χ0n) is 18.7. The average molecular weight is 467 g/mol. The van der Waals surface area contributed by atoms with Gasteiger partial charge in [-0.05, 0) is 42.8 Å². The highest BCUT2D eigenvalue weighted by Crippen LogP contribution is 2.31. The molecule has 0 aliphatic rings. The van der Waals surface area contributed by atoms with Crippen LogP contribution in [0.3, 0.4) is 0 Å². The van der Waals surface area contributed by atoms with E-state index in [4.69, 9.17) is 30.9 Å². The SMILES string of the molecule is COCc1nn2c(C)c(C(=O)Nc3cc(Cl)ccc3OC)cnc2c1-c1ccc(OC)cc1. The van der Waals surface area contributed by atoms with Crippen LogP contribution in [0.1, 0.15) is 21.7 Å². The minimum atomic E-state index is -0.350. The third-order valence-electron chi connectivity index (χ3n) is 5.27. The van der Waals surface area contributed by atoms with Crippen LogP contribution in [0.25, 0.3) is 16.8 Å². The Bertz CT molecular complexity index is 1320. The molecule has 0 aliphatic carbocycles. The van der Waals surface area contributed by atoms with Crippen molar-refractivity contribution >= 4 is 28.8 Å². The Morgan fingerprint density at radius 3 is 2.52 bits per heavy atom. The molecule has 2 aromatic carbocycles. The number of halogens is 1. The van der Waals surface area contributed by atoms with Crippen LogP contribution in [0.15, 0.2) is 48.7 Å². The molecule has 0 radical (unpaired) electrons. The maximum absolute atomic E-state index is 13.1. The number of amides is 1. The van der Waals surface area contributed by atoms with Crippen molar-refractivity contribution in [3.05, 3.63) is 70.6 Å². The standard InChI is InChI=1S/C24H23ClN4O4/c1-14-18(24(30)27-19-11-16(25)7-10-21(19)33-4)12-26-23-22(20(13-31-2)28-29(14)23)15-5-8-17(32-3)9-6-15/h5-12H,13H2,1-4H3,(H,27,30). The summed E-state index contributed by atoms with van der Waals surface area (Å²) in [7, 11) is 4.76. The van der Waals surface area contributed by atoms with E-state index in [0.29, 0.717) is 45.7 Å². The van der Waals surface area contributed by atoms with Crippen molar-refractivity contribution in [3.8, 4) is 22.6 Å². The second-order valence-electron chi connectivity index (χ2n) is 7.27. The van der Waals surface area contributed by atoms with Crippen molar-refractivity contribution in [2.45, 2.75) is 13.5 Å². The minimum absolute atomic E-state index is 0.297. The molecule has 0 unspecified atom stereocenters. The zero-order chi connectivity index (χ0) is 23.5. The Balaban J connectivity index is 1.77. The number of benzene rings is 2. The molecular weight excluding hydrogens is 444 g/mol. The van der Waals surface area contributed by atoms with Gasteiger partial charge in [-0.1, -0.05) is 23.7 Å². The van der Waals surface area contributed by atoms with Crippen molar-refractivity contribution < 1.29 is 19.0 Å². The number of carbonyl (C=O) groups excluding carboxylic acids is 1. The van der Waals surface area contributed by atoms with E-state index in [1.165, 1.54) is 7.11 Å². The highest BCUT2D eigenvalue weighted by molar-refractivity contribution is 6.31. The highest BCUT2D eigenvalue weighted by Gasteiger charge is 2.21. The van der Waals surface area contributed by atoms with Crippen LogP contribution in [-0.4, -0.2) is 41.8 Å². The van der Waals surface area contributed by atoms with Gasteiger partial charge in [0.1, 0.15) is 11.5 Å². The number of methoxy groups -OCH3 is 3. The van der Waals surface area contributed by atoms with Crippen LogP contribution in [0, 0.1) is 6.92 Å². The van der Waals surface area contributed by atoms with Gasteiger partial charge in [-0.3, -0.25) is 4.79 Å². The molecular formula is C24H23ClN4O4. The number of carbonyl (C=O) groups is 1. The number of hydrogen-bond acceptors (Lipinski definition) is 6. The number of nitrogens with one attached hydrogen (secondary N) is 1. The Morgan fingerprint density at radius 1 is 1.09 bits per heavy atom. The van der Waals surface area contributed by atoms with Gasteiger partial charge in [0.05, 0.1) is 49.0 Å². The fraction of sp³-hybridized carbons (Fsp3) is 0.208. The highest BCUT2D eigenvalue weighted by atomic mass is 35.5. The molecule has 0 fully saturated rings. The number of aromatic nitrogens is 3. The van der Waals surface area contributed by atoms with Crippen molar-refractivity contribution in [2.75, 3.05) is 26.6 Å².